The first-order chi connectivity index (χ1) is 13.2. The van der Waals surface area contributed by atoms with Crippen LogP contribution in [-0.4, -0.2) is 20.4 Å². The highest BCUT2D eigenvalue weighted by atomic mass is 35.5. The van der Waals surface area contributed by atoms with Crippen LogP contribution >= 0.6 is 11.6 Å². The van der Waals surface area contributed by atoms with Crippen molar-refractivity contribution in [2.45, 2.75) is 13.1 Å². The monoisotopic (exact) mass is 376 g/mol. The van der Waals surface area contributed by atoms with Crippen LogP contribution in [0.5, 0.6) is 0 Å². The van der Waals surface area contributed by atoms with Gasteiger partial charge in [0.05, 0.1) is 17.6 Å². The average Bonchev–Trinajstić information content (AvgIpc) is 3.06. The molecular weight excluding hydrogens is 360 g/mol. The first-order valence-electron chi connectivity index (χ1n) is 8.57. The molecule has 4 rings (SSSR count). The molecule has 5 nitrogen and oxygen atoms in total. The van der Waals surface area contributed by atoms with Gasteiger partial charge in [-0.05, 0) is 42.0 Å². The SMILES string of the molecule is O=C(NCc1nc2ccccc2n1Cc1ccc(Cl)cc1)c1ccncc1. The number of imidazole rings is 1. The molecule has 2 heterocycles. The fraction of sp³-hybridized carbons (Fsp3) is 0.0952. The number of pyridine rings is 1. The number of nitrogens with one attached hydrogen (secondary N) is 1. The van der Waals surface area contributed by atoms with Gasteiger partial charge in [-0.2, -0.15) is 0 Å². The molecule has 0 spiro atoms. The summed E-state index contributed by atoms with van der Waals surface area (Å²) in [5.41, 5.74) is 3.62. The van der Waals surface area contributed by atoms with Gasteiger partial charge in [0.2, 0.25) is 0 Å². The number of benzene rings is 2. The van der Waals surface area contributed by atoms with E-state index in [1.165, 1.54) is 0 Å². The van der Waals surface area contributed by atoms with Crippen LogP contribution in [0.4, 0.5) is 0 Å². The van der Waals surface area contributed by atoms with Crippen LogP contribution in [0, 0.1) is 0 Å². The average molecular weight is 377 g/mol. The van der Waals surface area contributed by atoms with E-state index in [-0.39, 0.29) is 5.91 Å². The van der Waals surface area contributed by atoms with Crippen LogP contribution in [0.25, 0.3) is 11.0 Å². The maximum Gasteiger partial charge on any atom is 0.251 e. The molecule has 0 saturated heterocycles. The highest BCUT2D eigenvalue weighted by molar-refractivity contribution is 6.30. The van der Waals surface area contributed by atoms with Crippen LogP contribution in [0.2, 0.25) is 5.02 Å². The highest BCUT2D eigenvalue weighted by Gasteiger charge is 2.13. The number of para-hydroxylation sites is 2. The molecule has 4 aromatic rings. The summed E-state index contributed by atoms with van der Waals surface area (Å²) in [5, 5.41) is 3.65. The summed E-state index contributed by atoms with van der Waals surface area (Å²) in [7, 11) is 0. The van der Waals surface area contributed by atoms with E-state index in [0.717, 1.165) is 22.4 Å². The largest absolute Gasteiger partial charge is 0.345 e. The van der Waals surface area contributed by atoms with Gasteiger partial charge in [-0.1, -0.05) is 35.9 Å². The fourth-order valence-electron chi connectivity index (χ4n) is 2.97. The summed E-state index contributed by atoms with van der Waals surface area (Å²) >= 11 is 5.99. The minimum absolute atomic E-state index is 0.150. The van der Waals surface area contributed by atoms with E-state index in [2.05, 4.69) is 14.9 Å². The number of amides is 1. The second-order valence-corrected chi connectivity index (χ2v) is 6.58. The van der Waals surface area contributed by atoms with E-state index >= 15 is 0 Å². The molecule has 0 unspecified atom stereocenters. The van der Waals surface area contributed by atoms with E-state index in [1.807, 2.05) is 48.5 Å². The van der Waals surface area contributed by atoms with E-state index in [9.17, 15) is 4.79 Å². The highest BCUT2D eigenvalue weighted by Crippen LogP contribution is 2.19. The van der Waals surface area contributed by atoms with Gasteiger partial charge in [0.25, 0.3) is 5.91 Å². The number of carbonyl (C=O) groups excluding carboxylic acids is 1. The van der Waals surface area contributed by atoms with Crippen molar-refractivity contribution in [2.24, 2.45) is 0 Å². The van der Waals surface area contributed by atoms with Gasteiger partial charge in [0.1, 0.15) is 5.82 Å². The molecule has 0 fully saturated rings. The number of hydrogen-bond acceptors (Lipinski definition) is 3. The van der Waals surface area contributed by atoms with Gasteiger partial charge in [-0.25, -0.2) is 4.98 Å². The quantitative estimate of drug-likeness (QED) is 0.571. The zero-order valence-electron chi connectivity index (χ0n) is 14.5. The lowest BCUT2D eigenvalue weighted by Crippen LogP contribution is -2.24. The van der Waals surface area contributed by atoms with Crippen LogP contribution in [0.3, 0.4) is 0 Å². The number of carbonyl (C=O) groups is 1. The van der Waals surface area contributed by atoms with Gasteiger partial charge >= 0.3 is 0 Å². The minimum Gasteiger partial charge on any atom is -0.345 e. The predicted molar refractivity (Wildman–Crippen MR) is 106 cm³/mol. The Morgan fingerprint density at radius 3 is 2.52 bits per heavy atom. The van der Waals surface area contributed by atoms with Crippen molar-refractivity contribution in [1.82, 2.24) is 19.9 Å². The minimum atomic E-state index is -0.150. The lowest BCUT2D eigenvalue weighted by Gasteiger charge is -2.11. The van der Waals surface area contributed by atoms with Gasteiger partial charge in [-0.3, -0.25) is 9.78 Å². The molecule has 0 radical (unpaired) electrons. The lowest BCUT2D eigenvalue weighted by molar-refractivity contribution is 0.0949. The Morgan fingerprint density at radius 2 is 1.74 bits per heavy atom. The first kappa shape index (κ1) is 17.2. The summed E-state index contributed by atoms with van der Waals surface area (Å²) in [6.45, 7) is 0.988. The van der Waals surface area contributed by atoms with Crippen molar-refractivity contribution in [3.8, 4) is 0 Å². The molecule has 2 aromatic carbocycles. The second-order valence-electron chi connectivity index (χ2n) is 6.15. The van der Waals surface area contributed by atoms with Gasteiger partial charge < -0.3 is 9.88 Å². The third-order valence-electron chi connectivity index (χ3n) is 4.34. The number of aromatic nitrogens is 3. The van der Waals surface area contributed by atoms with E-state index in [0.29, 0.717) is 23.7 Å². The molecule has 27 heavy (non-hydrogen) atoms. The predicted octanol–water partition coefficient (Wildman–Crippen LogP) is 4.06. The topological polar surface area (TPSA) is 59.8 Å². The number of rotatable bonds is 5. The molecule has 0 aliphatic rings. The zero-order chi connectivity index (χ0) is 18.6. The van der Waals surface area contributed by atoms with Crippen LogP contribution in [-0.2, 0) is 13.1 Å². The maximum absolute atomic E-state index is 12.3. The van der Waals surface area contributed by atoms with Gasteiger partial charge in [-0.15, -0.1) is 0 Å². The molecule has 0 aliphatic heterocycles. The Labute approximate surface area is 161 Å². The fourth-order valence-corrected chi connectivity index (χ4v) is 3.10. The molecule has 1 amide bonds. The molecular formula is C21H17ClN4O. The molecule has 0 saturated carbocycles. The summed E-state index contributed by atoms with van der Waals surface area (Å²) in [6.07, 6.45) is 3.20. The molecule has 2 aromatic heterocycles. The summed E-state index contributed by atoms with van der Waals surface area (Å²) < 4.78 is 2.12. The van der Waals surface area contributed by atoms with Crippen LogP contribution in [0.15, 0.2) is 73.1 Å². The Morgan fingerprint density at radius 1 is 1.00 bits per heavy atom. The molecule has 134 valence electrons. The second kappa shape index (κ2) is 7.60. The molecule has 0 atom stereocenters. The molecule has 6 heteroatoms. The van der Waals surface area contributed by atoms with Crippen molar-refractivity contribution >= 4 is 28.5 Å². The standard InChI is InChI=1S/C21H17ClN4O/c22-17-7-5-15(6-8-17)14-26-19-4-2-1-3-18(19)25-20(26)13-24-21(27)16-9-11-23-12-10-16/h1-12H,13-14H2,(H,24,27). The van der Waals surface area contributed by atoms with Gasteiger partial charge in [0, 0.05) is 29.5 Å². The van der Waals surface area contributed by atoms with Crippen LogP contribution in [0.1, 0.15) is 21.7 Å². The van der Waals surface area contributed by atoms with Crippen molar-refractivity contribution in [3.63, 3.8) is 0 Å². The van der Waals surface area contributed by atoms with E-state index in [4.69, 9.17) is 16.6 Å². The molecule has 0 bridgehead atoms. The summed E-state index contributed by atoms with van der Waals surface area (Å²) in [5.74, 6) is 0.649. The number of halogens is 1. The maximum atomic E-state index is 12.3. The van der Waals surface area contributed by atoms with E-state index in [1.54, 1.807) is 24.5 Å². The van der Waals surface area contributed by atoms with E-state index < -0.39 is 0 Å². The lowest BCUT2D eigenvalue weighted by atomic mass is 10.2. The third-order valence-corrected chi connectivity index (χ3v) is 4.59. The third kappa shape index (κ3) is 3.83. The first-order valence-corrected chi connectivity index (χ1v) is 8.95. The van der Waals surface area contributed by atoms with Gasteiger partial charge in [0.15, 0.2) is 0 Å². The number of fused-ring (bicyclic) bond motifs is 1. The van der Waals surface area contributed by atoms with Crippen molar-refractivity contribution in [2.75, 3.05) is 0 Å². The Balaban J connectivity index is 1.61. The number of hydrogen-bond donors (Lipinski definition) is 1. The number of nitrogens with zero attached hydrogens (tertiary/aromatic N) is 3. The summed E-state index contributed by atoms with van der Waals surface area (Å²) in [4.78, 5) is 21.0. The van der Waals surface area contributed by atoms with Crippen LogP contribution < -0.4 is 5.32 Å². The Kier molecular flexibility index (Phi) is 4.85. The Hall–Kier alpha value is -3.18. The Bertz CT molecular complexity index is 1070. The normalized spacial score (nSPS) is 10.9. The van der Waals surface area contributed by atoms with Crippen molar-refractivity contribution < 1.29 is 4.79 Å². The zero-order valence-corrected chi connectivity index (χ0v) is 15.2. The van der Waals surface area contributed by atoms with Crippen molar-refractivity contribution in [1.29, 1.82) is 0 Å². The molecule has 1 N–H and O–H groups in total. The smallest absolute Gasteiger partial charge is 0.251 e. The van der Waals surface area contributed by atoms with Crippen molar-refractivity contribution in [3.05, 3.63) is 95.0 Å². The summed E-state index contributed by atoms with van der Waals surface area (Å²) in [6, 6.07) is 19.1. The molecule has 0 aliphatic carbocycles.